The molecule has 1 aliphatic heterocycles. The molecule has 0 bridgehead atoms. The summed E-state index contributed by atoms with van der Waals surface area (Å²) in [6.07, 6.45) is 5.60. The molecule has 1 saturated heterocycles. The molecule has 3 rings (SSSR count). The Balaban J connectivity index is 1.47. The van der Waals surface area contributed by atoms with Crippen molar-refractivity contribution in [3.63, 3.8) is 0 Å². The van der Waals surface area contributed by atoms with Crippen LogP contribution in [0.1, 0.15) is 6.92 Å². The zero-order valence-corrected chi connectivity index (χ0v) is 14.6. The number of imidazole rings is 1. The highest BCUT2D eigenvalue weighted by molar-refractivity contribution is 5.91. The zero-order chi connectivity index (χ0) is 17.5. The van der Waals surface area contributed by atoms with Crippen LogP contribution in [0.4, 0.5) is 10.5 Å². The van der Waals surface area contributed by atoms with Gasteiger partial charge >= 0.3 is 6.03 Å². The van der Waals surface area contributed by atoms with E-state index >= 15 is 0 Å². The molecule has 0 spiro atoms. The third-order valence-electron chi connectivity index (χ3n) is 4.32. The lowest BCUT2D eigenvalue weighted by atomic mass is 10.3. The minimum Gasteiger partial charge on any atom is -0.492 e. The molecule has 1 fully saturated rings. The fourth-order valence-electron chi connectivity index (χ4n) is 2.90. The first-order valence-corrected chi connectivity index (χ1v) is 8.72. The van der Waals surface area contributed by atoms with Crippen molar-refractivity contribution in [3.8, 4) is 5.75 Å². The number of nitrogens with one attached hydrogen (secondary N) is 1. The lowest BCUT2D eigenvalue weighted by Crippen LogP contribution is -2.50. The number of carbonyl (C=O) groups excluding carboxylic acids is 1. The molecule has 0 saturated carbocycles. The predicted octanol–water partition coefficient (Wildman–Crippen LogP) is 2.13. The van der Waals surface area contributed by atoms with Crippen LogP contribution in [0, 0.1) is 0 Å². The Bertz CT molecular complexity index is 666. The molecule has 1 aromatic heterocycles. The van der Waals surface area contributed by atoms with Crippen molar-refractivity contribution in [1.29, 1.82) is 0 Å². The molecule has 25 heavy (non-hydrogen) atoms. The quantitative estimate of drug-likeness (QED) is 0.873. The summed E-state index contributed by atoms with van der Waals surface area (Å²) in [5.74, 6) is 0.706. The number of hydrogen-bond donors (Lipinski definition) is 1. The lowest BCUT2D eigenvalue weighted by molar-refractivity contribution is 0.144. The van der Waals surface area contributed by atoms with Crippen molar-refractivity contribution < 1.29 is 9.53 Å². The Kier molecular flexibility index (Phi) is 5.90. The first-order valence-electron chi connectivity index (χ1n) is 8.72. The Morgan fingerprint density at radius 3 is 2.72 bits per heavy atom. The van der Waals surface area contributed by atoms with Gasteiger partial charge in [-0.1, -0.05) is 12.1 Å². The first kappa shape index (κ1) is 17.3. The molecule has 1 N–H and O–H groups in total. The number of anilines is 1. The van der Waals surface area contributed by atoms with Gasteiger partial charge in [0.2, 0.25) is 0 Å². The van der Waals surface area contributed by atoms with E-state index in [0.29, 0.717) is 12.4 Å². The molecular weight excluding hydrogens is 318 g/mol. The van der Waals surface area contributed by atoms with Gasteiger partial charge < -0.3 is 19.5 Å². The van der Waals surface area contributed by atoms with E-state index in [1.165, 1.54) is 0 Å². The van der Waals surface area contributed by atoms with Crippen molar-refractivity contribution in [3.05, 3.63) is 43.0 Å². The molecule has 2 aromatic rings. The number of rotatable bonds is 6. The fourth-order valence-corrected chi connectivity index (χ4v) is 2.90. The lowest BCUT2D eigenvalue weighted by Gasteiger charge is -2.34. The van der Waals surface area contributed by atoms with E-state index in [4.69, 9.17) is 4.74 Å². The third-order valence-corrected chi connectivity index (χ3v) is 4.32. The van der Waals surface area contributed by atoms with Gasteiger partial charge in [-0.2, -0.15) is 0 Å². The molecule has 2 heterocycles. The van der Waals surface area contributed by atoms with Gasteiger partial charge in [-0.15, -0.1) is 0 Å². The smallest absolute Gasteiger partial charge is 0.322 e. The number of carbonyl (C=O) groups is 1. The summed E-state index contributed by atoms with van der Waals surface area (Å²) in [6.45, 7) is 7.63. The van der Waals surface area contributed by atoms with Crippen molar-refractivity contribution >= 4 is 11.7 Å². The van der Waals surface area contributed by atoms with E-state index in [1.807, 2.05) is 48.6 Å². The number of hydrogen-bond acceptors (Lipinski definition) is 4. The van der Waals surface area contributed by atoms with Gasteiger partial charge in [0.1, 0.15) is 5.75 Å². The summed E-state index contributed by atoms with van der Waals surface area (Å²) >= 11 is 0. The van der Waals surface area contributed by atoms with Gasteiger partial charge in [-0.25, -0.2) is 9.78 Å². The van der Waals surface area contributed by atoms with E-state index in [-0.39, 0.29) is 6.03 Å². The molecule has 7 heteroatoms. The highest BCUT2D eigenvalue weighted by Gasteiger charge is 2.21. The normalized spacial score (nSPS) is 15.2. The van der Waals surface area contributed by atoms with Crippen LogP contribution < -0.4 is 10.1 Å². The van der Waals surface area contributed by atoms with Crippen LogP contribution in [0.2, 0.25) is 0 Å². The van der Waals surface area contributed by atoms with Crippen LogP contribution in [0.25, 0.3) is 0 Å². The summed E-state index contributed by atoms with van der Waals surface area (Å²) in [7, 11) is 0. The zero-order valence-electron chi connectivity index (χ0n) is 14.6. The van der Waals surface area contributed by atoms with Crippen LogP contribution in [0.15, 0.2) is 43.0 Å². The fraction of sp³-hybridized carbons (Fsp3) is 0.444. The SMILES string of the molecule is CCOc1ccccc1NC(=O)N1CCN(CCn2ccnc2)CC1. The standard InChI is InChI=1S/C18H25N5O2/c1-2-25-17-6-4-3-5-16(17)20-18(24)23-13-11-21(12-14-23)9-10-22-8-7-19-15-22/h3-8,15H,2,9-14H2,1H3,(H,20,24). The van der Waals surface area contributed by atoms with Crippen molar-refractivity contribution in [1.82, 2.24) is 19.4 Å². The monoisotopic (exact) mass is 343 g/mol. The summed E-state index contributed by atoms with van der Waals surface area (Å²) < 4.78 is 7.63. The number of benzene rings is 1. The van der Waals surface area contributed by atoms with Gasteiger partial charge in [0, 0.05) is 51.7 Å². The maximum Gasteiger partial charge on any atom is 0.322 e. The second-order valence-corrected chi connectivity index (χ2v) is 5.99. The first-order chi connectivity index (χ1) is 12.3. The highest BCUT2D eigenvalue weighted by Crippen LogP contribution is 2.24. The molecular formula is C18H25N5O2. The second kappa shape index (κ2) is 8.53. The molecule has 7 nitrogen and oxygen atoms in total. The Hall–Kier alpha value is -2.54. The average Bonchev–Trinajstić information content (AvgIpc) is 3.16. The summed E-state index contributed by atoms with van der Waals surface area (Å²) in [6, 6.07) is 7.46. The van der Waals surface area contributed by atoms with Gasteiger partial charge in [-0.3, -0.25) is 4.90 Å². The van der Waals surface area contributed by atoms with Crippen molar-refractivity contribution in [2.24, 2.45) is 0 Å². The summed E-state index contributed by atoms with van der Waals surface area (Å²) in [4.78, 5) is 20.8. The van der Waals surface area contributed by atoms with E-state index < -0.39 is 0 Å². The minimum absolute atomic E-state index is 0.0681. The number of nitrogens with zero attached hydrogens (tertiary/aromatic N) is 4. The Morgan fingerprint density at radius 1 is 1.20 bits per heavy atom. The number of ether oxygens (including phenoxy) is 1. The topological polar surface area (TPSA) is 62.6 Å². The average molecular weight is 343 g/mol. The summed E-state index contributed by atoms with van der Waals surface area (Å²) in [5.41, 5.74) is 0.719. The van der Waals surface area contributed by atoms with Crippen LogP contribution in [-0.4, -0.2) is 64.7 Å². The van der Waals surface area contributed by atoms with E-state index in [2.05, 4.69) is 19.8 Å². The van der Waals surface area contributed by atoms with Gasteiger partial charge in [-0.05, 0) is 19.1 Å². The van der Waals surface area contributed by atoms with Crippen molar-refractivity contribution in [2.45, 2.75) is 13.5 Å². The van der Waals surface area contributed by atoms with Crippen LogP contribution in [0.3, 0.4) is 0 Å². The number of aromatic nitrogens is 2. The number of para-hydroxylation sites is 2. The summed E-state index contributed by atoms with van der Waals surface area (Å²) in [5, 5.41) is 2.97. The van der Waals surface area contributed by atoms with Gasteiger partial charge in [0.25, 0.3) is 0 Å². The van der Waals surface area contributed by atoms with Crippen LogP contribution in [0.5, 0.6) is 5.75 Å². The molecule has 0 atom stereocenters. The van der Waals surface area contributed by atoms with Crippen LogP contribution >= 0.6 is 0 Å². The van der Waals surface area contributed by atoms with Crippen LogP contribution in [-0.2, 0) is 6.54 Å². The van der Waals surface area contributed by atoms with Crippen molar-refractivity contribution in [2.75, 3.05) is 44.6 Å². The van der Waals surface area contributed by atoms with Gasteiger partial charge in [0.05, 0.1) is 18.6 Å². The van der Waals surface area contributed by atoms with Gasteiger partial charge in [0.15, 0.2) is 0 Å². The molecule has 0 aliphatic carbocycles. The minimum atomic E-state index is -0.0681. The van der Waals surface area contributed by atoms with E-state index in [0.717, 1.165) is 45.0 Å². The maximum atomic E-state index is 12.5. The Labute approximate surface area is 148 Å². The number of amides is 2. The predicted molar refractivity (Wildman–Crippen MR) is 96.9 cm³/mol. The molecule has 1 aliphatic rings. The largest absolute Gasteiger partial charge is 0.492 e. The number of piperazine rings is 1. The highest BCUT2D eigenvalue weighted by atomic mass is 16.5. The number of urea groups is 1. The molecule has 1 aromatic carbocycles. The third kappa shape index (κ3) is 4.73. The molecule has 0 unspecified atom stereocenters. The van der Waals surface area contributed by atoms with E-state index in [1.54, 1.807) is 6.20 Å². The Morgan fingerprint density at radius 2 is 2.00 bits per heavy atom. The van der Waals surface area contributed by atoms with E-state index in [9.17, 15) is 4.79 Å². The molecule has 134 valence electrons. The second-order valence-electron chi connectivity index (χ2n) is 5.99. The maximum absolute atomic E-state index is 12.5. The molecule has 2 amide bonds. The molecule has 0 radical (unpaired) electrons.